The van der Waals surface area contributed by atoms with Crippen molar-refractivity contribution in [2.45, 2.75) is 13.5 Å². The van der Waals surface area contributed by atoms with E-state index in [9.17, 15) is 14.4 Å². The Hall–Kier alpha value is -2.48. The molecule has 0 unspecified atom stereocenters. The van der Waals surface area contributed by atoms with Crippen LogP contribution in [0.1, 0.15) is 12.6 Å². The fraction of sp³-hybridized carbons (Fsp3) is 0.385. The van der Waals surface area contributed by atoms with Crippen molar-refractivity contribution in [3.05, 3.63) is 30.1 Å². The van der Waals surface area contributed by atoms with Crippen LogP contribution in [0.2, 0.25) is 0 Å². The van der Waals surface area contributed by atoms with Crippen LogP contribution in [0.5, 0.6) is 0 Å². The zero-order valence-electron chi connectivity index (χ0n) is 11.6. The SMILES string of the molecule is CCN(Cc1ccccn1)C(=O)NC(=O)COCC(=O)O. The number of carboxylic acids is 1. The van der Waals surface area contributed by atoms with E-state index in [1.807, 2.05) is 0 Å². The third kappa shape index (κ3) is 6.48. The van der Waals surface area contributed by atoms with Gasteiger partial charge in [0, 0.05) is 12.7 Å². The van der Waals surface area contributed by atoms with E-state index in [0.29, 0.717) is 12.2 Å². The van der Waals surface area contributed by atoms with Gasteiger partial charge in [0.2, 0.25) is 0 Å². The number of ether oxygens (including phenoxy) is 1. The molecule has 1 aromatic heterocycles. The molecule has 0 aliphatic carbocycles. The molecule has 2 N–H and O–H groups in total. The van der Waals surface area contributed by atoms with Crippen molar-refractivity contribution in [3.63, 3.8) is 0 Å². The van der Waals surface area contributed by atoms with E-state index in [1.165, 1.54) is 4.90 Å². The first-order chi connectivity index (χ1) is 10.0. The average molecular weight is 295 g/mol. The number of rotatable bonds is 7. The van der Waals surface area contributed by atoms with Crippen molar-refractivity contribution in [3.8, 4) is 0 Å². The highest BCUT2D eigenvalue weighted by Crippen LogP contribution is 2.01. The molecular weight excluding hydrogens is 278 g/mol. The van der Waals surface area contributed by atoms with Gasteiger partial charge in [0.25, 0.3) is 5.91 Å². The average Bonchev–Trinajstić information content (AvgIpc) is 2.45. The summed E-state index contributed by atoms with van der Waals surface area (Å²) >= 11 is 0. The number of nitrogens with zero attached hydrogens (tertiary/aromatic N) is 2. The van der Waals surface area contributed by atoms with Gasteiger partial charge in [-0.05, 0) is 19.1 Å². The minimum Gasteiger partial charge on any atom is -0.480 e. The molecule has 0 fully saturated rings. The third-order valence-electron chi connectivity index (χ3n) is 2.45. The number of pyridine rings is 1. The number of urea groups is 1. The summed E-state index contributed by atoms with van der Waals surface area (Å²) in [5.74, 6) is -1.87. The molecule has 0 aliphatic rings. The van der Waals surface area contributed by atoms with E-state index in [-0.39, 0.29) is 6.54 Å². The first kappa shape index (κ1) is 16.6. The summed E-state index contributed by atoms with van der Waals surface area (Å²) in [7, 11) is 0. The number of nitrogens with one attached hydrogen (secondary N) is 1. The Morgan fingerprint density at radius 3 is 2.67 bits per heavy atom. The molecule has 0 aliphatic heterocycles. The minimum atomic E-state index is -1.18. The lowest BCUT2D eigenvalue weighted by Gasteiger charge is -2.20. The summed E-state index contributed by atoms with van der Waals surface area (Å²) < 4.78 is 4.59. The normalized spacial score (nSPS) is 9.95. The maximum atomic E-state index is 11.9. The van der Waals surface area contributed by atoms with Crippen LogP contribution in [0.4, 0.5) is 4.79 Å². The van der Waals surface area contributed by atoms with Gasteiger partial charge < -0.3 is 14.7 Å². The quantitative estimate of drug-likeness (QED) is 0.746. The van der Waals surface area contributed by atoms with Crippen LogP contribution in [-0.4, -0.2) is 52.7 Å². The number of hydrogen-bond donors (Lipinski definition) is 2. The maximum Gasteiger partial charge on any atom is 0.329 e. The first-order valence-electron chi connectivity index (χ1n) is 6.31. The highest BCUT2D eigenvalue weighted by atomic mass is 16.5. The van der Waals surface area contributed by atoms with Gasteiger partial charge in [-0.15, -0.1) is 0 Å². The third-order valence-corrected chi connectivity index (χ3v) is 2.45. The lowest BCUT2D eigenvalue weighted by molar-refractivity contribution is -0.143. The van der Waals surface area contributed by atoms with Crippen molar-refractivity contribution < 1.29 is 24.2 Å². The van der Waals surface area contributed by atoms with E-state index in [4.69, 9.17) is 5.11 Å². The lowest BCUT2D eigenvalue weighted by Crippen LogP contribution is -2.44. The van der Waals surface area contributed by atoms with Crippen LogP contribution < -0.4 is 5.32 Å². The van der Waals surface area contributed by atoms with E-state index in [0.717, 1.165) is 0 Å². The zero-order chi connectivity index (χ0) is 15.7. The molecular formula is C13H17N3O5. The van der Waals surface area contributed by atoms with Gasteiger partial charge in [0.1, 0.15) is 13.2 Å². The van der Waals surface area contributed by atoms with Crippen molar-refractivity contribution in [2.24, 2.45) is 0 Å². The highest BCUT2D eigenvalue weighted by Gasteiger charge is 2.15. The second-order valence-corrected chi connectivity index (χ2v) is 4.08. The molecule has 1 heterocycles. The highest BCUT2D eigenvalue weighted by molar-refractivity contribution is 5.94. The Bertz CT molecular complexity index is 492. The van der Waals surface area contributed by atoms with E-state index < -0.39 is 31.1 Å². The van der Waals surface area contributed by atoms with E-state index >= 15 is 0 Å². The molecule has 8 nitrogen and oxygen atoms in total. The van der Waals surface area contributed by atoms with Gasteiger partial charge in [-0.25, -0.2) is 9.59 Å². The number of carboxylic acid groups (broad SMARTS) is 1. The summed E-state index contributed by atoms with van der Waals surface area (Å²) in [4.78, 5) is 39.0. The topological polar surface area (TPSA) is 109 Å². The largest absolute Gasteiger partial charge is 0.480 e. The van der Waals surface area contributed by atoms with Crippen LogP contribution in [0, 0.1) is 0 Å². The van der Waals surface area contributed by atoms with Gasteiger partial charge in [0.05, 0.1) is 12.2 Å². The van der Waals surface area contributed by atoms with Gasteiger partial charge in [-0.2, -0.15) is 0 Å². The lowest BCUT2D eigenvalue weighted by atomic mass is 10.3. The molecule has 0 saturated carbocycles. The fourth-order valence-electron chi connectivity index (χ4n) is 1.48. The number of aliphatic carboxylic acids is 1. The van der Waals surface area contributed by atoms with Crippen LogP contribution in [0.3, 0.4) is 0 Å². The Balaban J connectivity index is 2.44. The monoisotopic (exact) mass is 295 g/mol. The summed E-state index contributed by atoms with van der Waals surface area (Å²) in [6, 6.07) is 4.77. The molecule has 0 bridgehead atoms. The number of carbonyl (C=O) groups excluding carboxylic acids is 2. The van der Waals surface area contributed by atoms with Crippen molar-refractivity contribution in [1.82, 2.24) is 15.2 Å². The predicted molar refractivity (Wildman–Crippen MR) is 72.3 cm³/mol. The number of aromatic nitrogens is 1. The fourth-order valence-corrected chi connectivity index (χ4v) is 1.48. The molecule has 1 rings (SSSR count). The molecule has 0 aromatic carbocycles. The number of imide groups is 1. The van der Waals surface area contributed by atoms with Crippen molar-refractivity contribution in [1.29, 1.82) is 0 Å². The van der Waals surface area contributed by atoms with Crippen molar-refractivity contribution >= 4 is 17.9 Å². The molecule has 0 saturated heterocycles. The molecule has 1 aromatic rings. The second kappa shape index (κ2) is 8.64. The Morgan fingerprint density at radius 2 is 2.10 bits per heavy atom. The van der Waals surface area contributed by atoms with E-state index in [2.05, 4.69) is 15.0 Å². The Morgan fingerprint density at radius 1 is 1.33 bits per heavy atom. The van der Waals surface area contributed by atoms with Gasteiger partial charge in [0.15, 0.2) is 0 Å². The standard InChI is InChI=1S/C13H17N3O5/c1-2-16(7-10-5-3-4-6-14-10)13(20)15-11(17)8-21-9-12(18)19/h3-6H,2,7-9H2,1H3,(H,18,19)(H,15,17,20). The minimum absolute atomic E-state index is 0.270. The number of amides is 3. The molecule has 8 heteroatoms. The van der Waals surface area contributed by atoms with Crippen LogP contribution >= 0.6 is 0 Å². The molecule has 0 radical (unpaired) electrons. The molecule has 3 amide bonds. The van der Waals surface area contributed by atoms with Crippen LogP contribution in [-0.2, 0) is 20.9 Å². The summed E-state index contributed by atoms with van der Waals surface area (Å²) in [5.41, 5.74) is 0.698. The summed E-state index contributed by atoms with van der Waals surface area (Å²) in [6.45, 7) is 1.36. The number of carbonyl (C=O) groups is 3. The molecule has 0 atom stereocenters. The Kier molecular flexibility index (Phi) is 6.82. The van der Waals surface area contributed by atoms with E-state index in [1.54, 1.807) is 31.3 Å². The first-order valence-corrected chi connectivity index (χ1v) is 6.31. The smallest absolute Gasteiger partial charge is 0.329 e. The second-order valence-electron chi connectivity index (χ2n) is 4.08. The van der Waals surface area contributed by atoms with Gasteiger partial charge in [-0.3, -0.25) is 15.1 Å². The molecule has 21 heavy (non-hydrogen) atoms. The zero-order valence-corrected chi connectivity index (χ0v) is 11.6. The van der Waals surface area contributed by atoms with Crippen LogP contribution in [0.25, 0.3) is 0 Å². The molecule has 0 spiro atoms. The van der Waals surface area contributed by atoms with Crippen LogP contribution in [0.15, 0.2) is 24.4 Å². The van der Waals surface area contributed by atoms with Gasteiger partial charge >= 0.3 is 12.0 Å². The maximum absolute atomic E-state index is 11.9. The van der Waals surface area contributed by atoms with Crippen molar-refractivity contribution in [2.75, 3.05) is 19.8 Å². The predicted octanol–water partition coefficient (Wildman–Crippen LogP) is 0.241. The van der Waals surface area contributed by atoms with Gasteiger partial charge in [-0.1, -0.05) is 6.07 Å². The summed E-state index contributed by atoms with van der Waals surface area (Å²) in [6.07, 6.45) is 1.62. The Labute approximate surface area is 121 Å². The summed E-state index contributed by atoms with van der Waals surface area (Å²) in [5, 5.41) is 10.5. The molecule has 114 valence electrons. The number of hydrogen-bond acceptors (Lipinski definition) is 5.